The van der Waals surface area contributed by atoms with Crippen molar-refractivity contribution in [1.29, 1.82) is 0 Å². The zero-order valence-corrected chi connectivity index (χ0v) is 9.07. The fraction of sp³-hybridized carbons (Fsp3) is 0.385. The van der Waals surface area contributed by atoms with E-state index in [0.717, 1.165) is 24.2 Å². The molecule has 1 aliphatic carbocycles. The Morgan fingerprint density at radius 3 is 2.75 bits per heavy atom. The van der Waals surface area contributed by atoms with Crippen LogP contribution in [0.3, 0.4) is 0 Å². The van der Waals surface area contributed by atoms with Gasteiger partial charge in [0.05, 0.1) is 10.9 Å². The number of aromatic amines is 1. The molecule has 1 N–H and O–H groups in total. The molecule has 0 bridgehead atoms. The molecule has 1 aromatic carbocycles. The summed E-state index contributed by atoms with van der Waals surface area (Å²) >= 11 is 0. The fourth-order valence-corrected chi connectivity index (χ4v) is 2.50. The number of hydrogen-bond donors (Lipinski definition) is 1. The predicted molar refractivity (Wildman–Crippen MR) is 63.6 cm³/mol. The van der Waals surface area contributed by atoms with Crippen LogP contribution in [-0.4, -0.2) is 9.97 Å². The summed E-state index contributed by atoms with van der Waals surface area (Å²) in [6.45, 7) is 0. The highest BCUT2D eigenvalue weighted by Crippen LogP contribution is 2.31. The molecule has 1 saturated carbocycles. The summed E-state index contributed by atoms with van der Waals surface area (Å²) in [5, 5.41) is 0.684. The molecule has 1 fully saturated rings. The van der Waals surface area contributed by atoms with Gasteiger partial charge in [-0.3, -0.25) is 4.79 Å². The van der Waals surface area contributed by atoms with Crippen molar-refractivity contribution in [3.63, 3.8) is 0 Å². The Balaban J connectivity index is 2.17. The third-order valence-corrected chi connectivity index (χ3v) is 3.37. The van der Waals surface area contributed by atoms with Gasteiger partial charge >= 0.3 is 0 Å². The molecule has 3 rings (SSSR count). The fourth-order valence-electron chi connectivity index (χ4n) is 2.50. The van der Waals surface area contributed by atoms with Crippen LogP contribution in [0.5, 0.6) is 0 Å². The lowest BCUT2D eigenvalue weighted by Crippen LogP contribution is -2.13. The first-order chi connectivity index (χ1) is 7.84. The monoisotopic (exact) mass is 214 g/mol. The van der Waals surface area contributed by atoms with E-state index in [1.807, 2.05) is 24.3 Å². The molecule has 82 valence electrons. The van der Waals surface area contributed by atoms with Gasteiger partial charge in [-0.15, -0.1) is 0 Å². The van der Waals surface area contributed by atoms with Gasteiger partial charge in [0, 0.05) is 5.92 Å². The summed E-state index contributed by atoms with van der Waals surface area (Å²) in [5.74, 6) is 1.33. The van der Waals surface area contributed by atoms with Gasteiger partial charge < -0.3 is 4.98 Å². The summed E-state index contributed by atoms with van der Waals surface area (Å²) in [6, 6.07) is 7.52. The van der Waals surface area contributed by atoms with Gasteiger partial charge in [-0.05, 0) is 25.0 Å². The first-order valence-electron chi connectivity index (χ1n) is 5.83. The van der Waals surface area contributed by atoms with Crippen molar-refractivity contribution in [2.45, 2.75) is 31.6 Å². The number of benzene rings is 1. The normalized spacial score (nSPS) is 17.0. The molecule has 2 aromatic rings. The van der Waals surface area contributed by atoms with Crippen LogP contribution in [0.4, 0.5) is 0 Å². The zero-order valence-electron chi connectivity index (χ0n) is 9.07. The number of nitrogens with zero attached hydrogens (tertiary/aromatic N) is 1. The molecule has 0 unspecified atom stereocenters. The van der Waals surface area contributed by atoms with Crippen molar-refractivity contribution in [2.75, 3.05) is 0 Å². The van der Waals surface area contributed by atoms with E-state index in [0.29, 0.717) is 11.3 Å². The van der Waals surface area contributed by atoms with Gasteiger partial charge in [-0.25, -0.2) is 4.98 Å². The second kappa shape index (κ2) is 3.74. The van der Waals surface area contributed by atoms with E-state index in [1.165, 1.54) is 12.8 Å². The van der Waals surface area contributed by atoms with E-state index in [2.05, 4.69) is 9.97 Å². The molecule has 0 saturated heterocycles. The lowest BCUT2D eigenvalue weighted by Gasteiger charge is -2.08. The number of H-pyrrole nitrogens is 1. The van der Waals surface area contributed by atoms with Crippen molar-refractivity contribution in [3.05, 3.63) is 40.4 Å². The first kappa shape index (κ1) is 9.58. The van der Waals surface area contributed by atoms with E-state index in [1.54, 1.807) is 0 Å². The van der Waals surface area contributed by atoms with Crippen molar-refractivity contribution in [2.24, 2.45) is 0 Å². The molecule has 0 radical (unpaired) electrons. The molecule has 3 heteroatoms. The van der Waals surface area contributed by atoms with Gasteiger partial charge in [0.2, 0.25) is 0 Å². The maximum absolute atomic E-state index is 11.9. The van der Waals surface area contributed by atoms with Gasteiger partial charge in [0.15, 0.2) is 0 Å². The lowest BCUT2D eigenvalue weighted by molar-refractivity contribution is 0.669. The smallest absolute Gasteiger partial charge is 0.258 e. The van der Waals surface area contributed by atoms with Crippen LogP contribution in [0, 0.1) is 0 Å². The van der Waals surface area contributed by atoms with E-state index < -0.39 is 0 Å². The molecule has 1 aliphatic rings. The largest absolute Gasteiger partial charge is 0.310 e. The minimum absolute atomic E-state index is 0.00694. The molecular formula is C13H14N2O. The maximum Gasteiger partial charge on any atom is 0.258 e. The number of aromatic nitrogens is 2. The lowest BCUT2D eigenvalue weighted by atomic mass is 10.1. The molecular weight excluding hydrogens is 200 g/mol. The second-order valence-electron chi connectivity index (χ2n) is 4.45. The molecule has 0 aliphatic heterocycles. The van der Waals surface area contributed by atoms with Crippen LogP contribution < -0.4 is 5.56 Å². The molecule has 16 heavy (non-hydrogen) atoms. The van der Waals surface area contributed by atoms with Gasteiger partial charge in [-0.1, -0.05) is 25.0 Å². The Kier molecular flexibility index (Phi) is 2.24. The summed E-state index contributed by atoms with van der Waals surface area (Å²) in [7, 11) is 0. The number of fused-ring (bicyclic) bond motifs is 1. The van der Waals surface area contributed by atoms with Crippen LogP contribution >= 0.6 is 0 Å². The molecule has 0 atom stereocenters. The van der Waals surface area contributed by atoms with Crippen molar-refractivity contribution in [3.8, 4) is 0 Å². The topological polar surface area (TPSA) is 45.8 Å². The number of nitrogens with one attached hydrogen (secondary N) is 1. The quantitative estimate of drug-likeness (QED) is 0.793. The van der Waals surface area contributed by atoms with Crippen molar-refractivity contribution >= 4 is 10.9 Å². The Bertz CT molecular complexity index is 567. The van der Waals surface area contributed by atoms with E-state index in [-0.39, 0.29) is 5.56 Å². The highest BCUT2D eigenvalue weighted by molar-refractivity contribution is 5.77. The Morgan fingerprint density at radius 1 is 1.19 bits per heavy atom. The van der Waals surface area contributed by atoms with Crippen LogP contribution in [0.15, 0.2) is 29.1 Å². The Morgan fingerprint density at radius 2 is 1.94 bits per heavy atom. The number of para-hydroxylation sites is 1. The molecule has 1 aromatic heterocycles. The number of hydrogen-bond acceptors (Lipinski definition) is 2. The number of rotatable bonds is 1. The maximum atomic E-state index is 11.9. The Hall–Kier alpha value is -1.64. The van der Waals surface area contributed by atoms with Crippen molar-refractivity contribution < 1.29 is 0 Å². The average molecular weight is 214 g/mol. The molecule has 3 nitrogen and oxygen atoms in total. The van der Waals surface area contributed by atoms with Gasteiger partial charge in [0.1, 0.15) is 5.82 Å². The van der Waals surface area contributed by atoms with E-state index in [9.17, 15) is 4.79 Å². The molecule has 0 amide bonds. The third-order valence-electron chi connectivity index (χ3n) is 3.37. The highest BCUT2D eigenvalue weighted by atomic mass is 16.1. The van der Waals surface area contributed by atoms with Crippen LogP contribution in [0.1, 0.15) is 37.4 Å². The van der Waals surface area contributed by atoms with Crippen LogP contribution in [0.25, 0.3) is 10.9 Å². The SMILES string of the molecule is O=c1[nH]c(C2CCCC2)nc2ccccc12. The summed E-state index contributed by atoms with van der Waals surface area (Å²) in [6.07, 6.45) is 4.81. The molecule has 0 spiro atoms. The van der Waals surface area contributed by atoms with E-state index >= 15 is 0 Å². The van der Waals surface area contributed by atoms with Gasteiger partial charge in [0.25, 0.3) is 5.56 Å². The summed E-state index contributed by atoms with van der Waals surface area (Å²) < 4.78 is 0. The van der Waals surface area contributed by atoms with E-state index in [4.69, 9.17) is 0 Å². The third kappa shape index (κ3) is 1.52. The standard InChI is InChI=1S/C13H14N2O/c16-13-10-7-3-4-8-11(10)14-12(15-13)9-5-1-2-6-9/h3-4,7-9H,1-2,5-6H2,(H,14,15,16). The zero-order chi connectivity index (χ0) is 11.0. The minimum atomic E-state index is -0.00694. The highest BCUT2D eigenvalue weighted by Gasteiger charge is 2.19. The van der Waals surface area contributed by atoms with Gasteiger partial charge in [-0.2, -0.15) is 0 Å². The second-order valence-corrected chi connectivity index (χ2v) is 4.45. The first-order valence-corrected chi connectivity index (χ1v) is 5.83. The molecule has 1 heterocycles. The summed E-state index contributed by atoms with van der Waals surface area (Å²) in [5.41, 5.74) is 0.806. The van der Waals surface area contributed by atoms with Crippen LogP contribution in [-0.2, 0) is 0 Å². The van der Waals surface area contributed by atoms with Crippen LogP contribution in [0.2, 0.25) is 0 Å². The summed E-state index contributed by atoms with van der Waals surface area (Å²) in [4.78, 5) is 19.3. The van der Waals surface area contributed by atoms with Crippen molar-refractivity contribution in [1.82, 2.24) is 9.97 Å². The average Bonchev–Trinajstić information content (AvgIpc) is 2.82. The predicted octanol–water partition coefficient (Wildman–Crippen LogP) is 2.58. The minimum Gasteiger partial charge on any atom is -0.310 e. The Labute approximate surface area is 93.5 Å².